The van der Waals surface area contributed by atoms with E-state index in [9.17, 15) is 4.79 Å². The molecule has 0 spiro atoms. The lowest BCUT2D eigenvalue weighted by molar-refractivity contribution is -0.151. The van der Waals surface area contributed by atoms with Gasteiger partial charge in [-0.1, -0.05) is 25.7 Å². The van der Waals surface area contributed by atoms with Crippen molar-refractivity contribution in [2.24, 2.45) is 0 Å². The summed E-state index contributed by atoms with van der Waals surface area (Å²) in [6.07, 6.45) is 8.45. The van der Waals surface area contributed by atoms with Crippen molar-refractivity contribution in [2.75, 3.05) is 6.61 Å². The zero-order valence-corrected chi connectivity index (χ0v) is 12.2. The highest BCUT2D eigenvalue weighted by Gasteiger charge is 2.45. The summed E-state index contributed by atoms with van der Waals surface area (Å²) < 4.78 is 5.35. The molecule has 0 unspecified atom stereocenters. The Hall–Kier alpha value is -1.39. The van der Waals surface area contributed by atoms with Crippen LogP contribution in [-0.4, -0.2) is 27.8 Å². The third kappa shape index (κ3) is 2.45. The predicted molar refractivity (Wildman–Crippen MR) is 74.4 cm³/mol. The Kier molecular flexibility index (Phi) is 3.76. The Labute approximate surface area is 119 Å². The molecule has 1 heterocycles. The second-order valence-corrected chi connectivity index (χ2v) is 6.04. The lowest BCUT2D eigenvalue weighted by atomic mass is 9.79. The van der Waals surface area contributed by atoms with Gasteiger partial charge in [0, 0.05) is 5.92 Å². The van der Waals surface area contributed by atoms with E-state index in [-0.39, 0.29) is 5.97 Å². The first-order valence-electron chi connectivity index (χ1n) is 7.86. The molecule has 0 radical (unpaired) electrons. The Balaban J connectivity index is 1.91. The van der Waals surface area contributed by atoms with Gasteiger partial charge in [-0.15, -0.1) is 0 Å². The van der Waals surface area contributed by atoms with E-state index >= 15 is 0 Å². The molecule has 1 N–H and O–H groups in total. The number of nitrogens with zero attached hydrogens (tertiary/aromatic N) is 2. The van der Waals surface area contributed by atoms with Gasteiger partial charge >= 0.3 is 5.97 Å². The van der Waals surface area contributed by atoms with Crippen LogP contribution >= 0.6 is 0 Å². The Morgan fingerprint density at radius 1 is 1.30 bits per heavy atom. The molecule has 1 aromatic heterocycles. The second-order valence-electron chi connectivity index (χ2n) is 6.04. The zero-order valence-electron chi connectivity index (χ0n) is 12.2. The third-order valence-corrected chi connectivity index (χ3v) is 4.52. The van der Waals surface area contributed by atoms with E-state index in [1.807, 2.05) is 6.92 Å². The van der Waals surface area contributed by atoms with Crippen LogP contribution in [0.1, 0.15) is 75.9 Å². The number of nitrogens with one attached hydrogen (secondary N) is 1. The van der Waals surface area contributed by atoms with Crippen molar-refractivity contribution >= 4 is 5.97 Å². The maximum Gasteiger partial charge on any atom is 0.319 e. The number of H-pyrrole nitrogens is 1. The second kappa shape index (κ2) is 5.54. The maximum absolute atomic E-state index is 12.6. The molecule has 0 bridgehead atoms. The first-order valence-corrected chi connectivity index (χ1v) is 7.86. The minimum atomic E-state index is -0.615. The van der Waals surface area contributed by atoms with Gasteiger partial charge in [0.15, 0.2) is 5.82 Å². The molecule has 2 aliphatic carbocycles. The fourth-order valence-electron chi connectivity index (χ4n) is 3.15. The number of aromatic nitrogens is 3. The number of rotatable bonds is 4. The predicted octanol–water partition coefficient (Wildman–Crippen LogP) is 2.84. The summed E-state index contributed by atoms with van der Waals surface area (Å²) in [5.74, 6) is 2.01. The molecular weight excluding hydrogens is 254 g/mol. The molecule has 0 saturated heterocycles. The highest BCUT2D eigenvalue weighted by molar-refractivity contribution is 5.82. The van der Waals surface area contributed by atoms with Crippen molar-refractivity contribution in [3.63, 3.8) is 0 Å². The highest BCUT2D eigenvalue weighted by Crippen LogP contribution is 2.41. The summed E-state index contributed by atoms with van der Waals surface area (Å²) in [7, 11) is 0. The van der Waals surface area contributed by atoms with Gasteiger partial charge in [-0.05, 0) is 32.6 Å². The molecule has 5 nitrogen and oxygen atoms in total. The standard InChI is InChI=1S/C15H23N3O2/c1-2-20-14(19)15(9-5-3-4-6-10-15)13-16-12(17-18-13)11-7-8-11/h11H,2-10H2,1H3,(H,16,17,18). The van der Waals surface area contributed by atoms with Gasteiger partial charge in [-0.3, -0.25) is 9.89 Å². The number of hydrogen-bond acceptors (Lipinski definition) is 4. The highest BCUT2D eigenvalue weighted by atomic mass is 16.5. The van der Waals surface area contributed by atoms with Gasteiger partial charge in [-0.2, -0.15) is 5.10 Å². The lowest BCUT2D eigenvalue weighted by Gasteiger charge is -2.27. The van der Waals surface area contributed by atoms with Crippen LogP contribution in [0.5, 0.6) is 0 Å². The molecule has 3 rings (SSSR count). The van der Waals surface area contributed by atoms with Gasteiger partial charge in [0.1, 0.15) is 11.2 Å². The minimum absolute atomic E-state index is 0.136. The average molecular weight is 277 g/mol. The zero-order chi connectivity index (χ0) is 14.0. The van der Waals surface area contributed by atoms with Gasteiger partial charge in [-0.25, -0.2) is 4.98 Å². The molecular formula is C15H23N3O2. The number of esters is 1. The van der Waals surface area contributed by atoms with Crippen LogP contribution in [-0.2, 0) is 14.9 Å². The van der Waals surface area contributed by atoms with Crippen molar-refractivity contribution in [3.8, 4) is 0 Å². The summed E-state index contributed by atoms with van der Waals surface area (Å²) in [6, 6.07) is 0. The molecule has 0 aliphatic heterocycles. The van der Waals surface area contributed by atoms with Crippen molar-refractivity contribution < 1.29 is 9.53 Å². The summed E-state index contributed by atoms with van der Waals surface area (Å²) in [4.78, 5) is 17.2. The van der Waals surface area contributed by atoms with Crippen LogP contribution in [0, 0.1) is 0 Å². The van der Waals surface area contributed by atoms with Gasteiger partial charge in [0.25, 0.3) is 0 Å². The molecule has 110 valence electrons. The fraction of sp³-hybridized carbons (Fsp3) is 0.800. The largest absolute Gasteiger partial charge is 0.465 e. The van der Waals surface area contributed by atoms with Crippen molar-refractivity contribution in [3.05, 3.63) is 11.6 Å². The minimum Gasteiger partial charge on any atom is -0.465 e. The fourth-order valence-corrected chi connectivity index (χ4v) is 3.15. The normalized spacial score (nSPS) is 22.2. The molecule has 20 heavy (non-hydrogen) atoms. The van der Waals surface area contributed by atoms with Crippen LogP contribution in [0.3, 0.4) is 0 Å². The first kappa shape index (κ1) is 13.6. The number of carbonyl (C=O) groups excluding carboxylic acids is 1. The van der Waals surface area contributed by atoms with E-state index in [1.165, 1.54) is 25.7 Å². The van der Waals surface area contributed by atoms with Crippen LogP contribution in [0.2, 0.25) is 0 Å². The van der Waals surface area contributed by atoms with E-state index < -0.39 is 5.41 Å². The smallest absolute Gasteiger partial charge is 0.319 e. The van der Waals surface area contributed by atoms with E-state index in [0.29, 0.717) is 18.3 Å². The summed E-state index contributed by atoms with van der Waals surface area (Å²) in [5, 5.41) is 7.42. The molecule has 2 fully saturated rings. The van der Waals surface area contributed by atoms with Crippen molar-refractivity contribution in [2.45, 2.75) is 69.6 Å². The first-order chi connectivity index (χ1) is 9.76. The number of hydrogen-bond donors (Lipinski definition) is 1. The molecule has 2 aliphatic rings. The molecule has 0 atom stereocenters. The van der Waals surface area contributed by atoms with Crippen molar-refractivity contribution in [1.82, 2.24) is 15.2 Å². The van der Waals surface area contributed by atoms with Crippen LogP contribution < -0.4 is 0 Å². The Morgan fingerprint density at radius 3 is 2.60 bits per heavy atom. The number of carbonyl (C=O) groups is 1. The molecule has 0 amide bonds. The van der Waals surface area contributed by atoms with Crippen LogP contribution in [0.4, 0.5) is 0 Å². The number of aromatic amines is 1. The topological polar surface area (TPSA) is 67.9 Å². The van der Waals surface area contributed by atoms with Gasteiger partial charge < -0.3 is 4.74 Å². The average Bonchev–Trinajstić information content (AvgIpc) is 3.23. The molecule has 5 heteroatoms. The van der Waals surface area contributed by atoms with E-state index in [4.69, 9.17) is 4.74 Å². The van der Waals surface area contributed by atoms with Crippen molar-refractivity contribution in [1.29, 1.82) is 0 Å². The van der Waals surface area contributed by atoms with E-state index in [1.54, 1.807) is 0 Å². The lowest BCUT2D eigenvalue weighted by Crippen LogP contribution is -2.38. The number of ether oxygens (including phenoxy) is 1. The Bertz CT molecular complexity index is 471. The summed E-state index contributed by atoms with van der Waals surface area (Å²) >= 11 is 0. The van der Waals surface area contributed by atoms with Crippen LogP contribution in [0.15, 0.2) is 0 Å². The summed E-state index contributed by atoms with van der Waals surface area (Å²) in [6.45, 7) is 2.27. The SMILES string of the molecule is CCOC(=O)C1(c2n[nH]c(C3CC3)n2)CCCCCC1. The van der Waals surface area contributed by atoms with E-state index in [2.05, 4.69) is 15.2 Å². The van der Waals surface area contributed by atoms with E-state index in [0.717, 1.165) is 31.5 Å². The van der Waals surface area contributed by atoms with Gasteiger partial charge in [0.2, 0.25) is 0 Å². The molecule has 2 saturated carbocycles. The molecule has 0 aromatic carbocycles. The Morgan fingerprint density at radius 2 is 2.00 bits per heavy atom. The summed E-state index contributed by atoms with van der Waals surface area (Å²) in [5.41, 5.74) is -0.615. The van der Waals surface area contributed by atoms with Gasteiger partial charge in [0.05, 0.1) is 6.61 Å². The quantitative estimate of drug-likeness (QED) is 0.678. The monoisotopic (exact) mass is 277 g/mol. The molecule has 1 aromatic rings. The third-order valence-electron chi connectivity index (χ3n) is 4.52. The maximum atomic E-state index is 12.6. The van der Waals surface area contributed by atoms with Crippen LogP contribution in [0.25, 0.3) is 0 Å².